The monoisotopic (exact) mass is 460 g/mol. The first-order chi connectivity index (χ1) is 11.7. The third kappa shape index (κ3) is 4.37. The fraction of sp³-hybridized carbons (Fsp3) is 0.529. The number of hydrogen-bond acceptors (Lipinski definition) is 4. The second kappa shape index (κ2) is 8.44. The van der Waals surface area contributed by atoms with Crippen LogP contribution < -0.4 is 26.1 Å². The van der Waals surface area contributed by atoms with E-state index in [0.29, 0.717) is 13.1 Å². The van der Waals surface area contributed by atoms with Gasteiger partial charge in [0.2, 0.25) is 0 Å². The third-order valence-corrected chi connectivity index (χ3v) is 8.38. The average Bonchev–Trinajstić information content (AvgIpc) is 3.26. The topological polar surface area (TPSA) is 43.9 Å². The van der Waals surface area contributed by atoms with Gasteiger partial charge in [-0.05, 0) is 25.9 Å². The van der Waals surface area contributed by atoms with Crippen molar-refractivity contribution in [2.24, 2.45) is 0 Å². The van der Waals surface area contributed by atoms with E-state index in [-0.39, 0.29) is 39.6 Å². The molecule has 0 aliphatic carbocycles. The van der Waals surface area contributed by atoms with Gasteiger partial charge in [-0.3, -0.25) is 0 Å². The summed E-state index contributed by atoms with van der Waals surface area (Å²) in [6, 6.07) is 4.16. The van der Waals surface area contributed by atoms with Crippen molar-refractivity contribution in [1.82, 2.24) is 9.80 Å². The molecule has 132 valence electrons. The van der Waals surface area contributed by atoms with E-state index in [1.807, 2.05) is 17.0 Å². The number of thiophene rings is 1. The van der Waals surface area contributed by atoms with Crippen molar-refractivity contribution in [2.75, 3.05) is 49.1 Å². The van der Waals surface area contributed by atoms with Crippen LogP contribution in [0.2, 0.25) is 0 Å². The molecule has 0 atom stereocenters. The molecule has 7 heteroatoms. The van der Waals surface area contributed by atoms with Crippen molar-refractivity contribution in [2.45, 2.75) is 12.8 Å². The molecule has 0 aromatic carbocycles. The molecule has 2 amide bonds. The molecule has 0 unspecified atom stereocenters. The number of nitrogens with zero attached hydrogens (tertiary/aromatic N) is 3. The van der Waals surface area contributed by atoms with E-state index in [1.165, 1.54) is 15.7 Å². The minimum absolute atomic E-state index is 0.0187. The molecule has 0 spiro atoms. The van der Waals surface area contributed by atoms with E-state index in [0.717, 1.165) is 24.6 Å². The number of likely N-dealkylation sites (tertiary alicyclic amines) is 1. The summed E-state index contributed by atoms with van der Waals surface area (Å²) in [6.07, 6.45) is 6.07. The molecule has 2 aliphatic rings. The average molecular weight is 460 g/mol. The summed E-state index contributed by atoms with van der Waals surface area (Å²) in [5, 5.41) is 1.02. The number of anilines is 1. The normalized spacial score (nSPS) is 19.8. The van der Waals surface area contributed by atoms with Gasteiger partial charge in [-0.25, -0.2) is 0 Å². The molecule has 3 heterocycles. The quantitative estimate of drug-likeness (QED) is 0.304. The molecule has 0 N–H and O–H groups in total. The van der Waals surface area contributed by atoms with Crippen molar-refractivity contribution in [3.8, 4) is 0 Å². The van der Waals surface area contributed by atoms with Gasteiger partial charge < -0.3 is 0 Å². The SMILES string of the molecule is C[I-]c1ccc(N2CCN(C(=O)/C=C/CN3CCCC3)CC2=O)s1. The third-order valence-electron chi connectivity index (χ3n) is 4.37. The van der Waals surface area contributed by atoms with Gasteiger partial charge in [0.1, 0.15) is 0 Å². The van der Waals surface area contributed by atoms with Crippen LogP contribution in [0.4, 0.5) is 5.00 Å². The van der Waals surface area contributed by atoms with Crippen molar-refractivity contribution in [1.29, 1.82) is 0 Å². The van der Waals surface area contributed by atoms with Gasteiger partial charge in [0.25, 0.3) is 0 Å². The number of amides is 2. The maximum atomic E-state index is 12.4. The molecule has 0 bridgehead atoms. The predicted molar refractivity (Wildman–Crippen MR) is 92.7 cm³/mol. The summed E-state index contributed by atoms with van der Waals surface area (Å²) < 4.78 is 1.39. The molecule has 0 saturated carbocycles. The summed E-state index contributed by atoms with van der Waals surface area (Å²) in [6.45, 7) is 4.45. The number of rotatable bonds is 5. The van der Waals surface area contributed by atoms with E-state index in [4.69, 9.17) is 0 Å². The van der Waals surface area contributed by atoms with Crippen LogP contribution in [0.5, 0.6) is 0 Å². The molecule has 2 saturated heterocycles. The van der Waals surface area contributed by atoms with E-state index in [1.54, 1.807) is 22.3 Å². The number of carbonyl (C=O) groups excluding carboxylic acids is 2. The zero-order valence-corrected chi connectivity index (χ0v) is 16.9. The fourth-order valence-electron chi connectivity index (χ4n) is 3.02. The molecule has 5 nitrogen and oxygen atoms in total. The summed E-state index contributed by atoms with van der Waals surface area (Å²) >= 11 is 1.78. The fourth-order valence-corrected chi connectivity index (χ4v) is 5.75. The first kappa shape index (κ1) is 17.9. The van der Waals surface area contributed by atoms with Gasteiger partial charge in [0, 0.05) is 0 Å². The van der Waals surface area contributed by atoms with Gasteiger partial charge in [-0.15, -0.1) is 0 Å². The Bertz CT molecular complexity index is 625. The Morgan fingerprint density at radius 1 is 1.25 bits per heavy atom. The van der Waals surface area contributed by atoms with Gasteiger partial charge in [0.05, 0.1) is 0 Å². The van der Waals surface area contributed by atoms with Crippen LogP contribution in [0.3, 0.4) is 0 Å². The van der Waals surface area contributed by atoms with Gasteiger partial charge in [-0.2, -0.15) is 0 Å². The first-order valence-electron chi connectivity index (χ1n) is 8.25. The van der Waals surface area contributed by atoms with E-state index in [2.05, 4.69) is 15.9 Å². The van der Waals surface area contributed by atoms with Crippen LogP contribution in [-0.2, 0) is 9.59 Å². The Morgan fingerprint density at radius 2 is 2.04 bits per heavy atom. The van der Waals surface area contributed by atoms with Crippen LogP contribution in [0.1, 0.15) is 12.8 Å². The molecule has 0 radical (unpaired) electrons. The number of piperazine rings is 1. The van der Waals surface area contributed by atoms with Crippen molar-refractivity contribution in [3.05, 3.63) is 27.2 Å². The van der Waals surface area contributed by atoms with Gasteiger partial charge >= 0.3 is 132 Å². The minimum atomic E-state index is -0.0477. The van der Waals surface area contributed by atoms with Crippen LogP contribution in [0, 0.1) is 2.88 Å². The standard InChI is InChI=1S/C17H23IN3O2S/c1-18-14-6-7-17(24-14)21-12-11-20(13-16(21)23)15(22)5-4-10-19-8-2-3-9-19/h4-7H,2-3,8-13H2,1H3/q-1/b5-4+. The molecular formula is C17H23IN3O2S-. The molecule has 2 aliphatic heterocycles. The number of hydrogen-bond donors (Lipinski definition) is 0. The summed E-state index contributed by atoms with van der Waals surface area (Å²) in [7, 11) is 0. The number of halogens is 1. The molecule has 24 heavy (non-hydrogen) atoms. The van der Waals surface area contributed by atoms with Crippen LogP contribution >= 0.6 is 11.3 Å². The van der Waals surface area contributed by atoms with Gasteiger partial charge in [-0.1, -0.05) is 0 Å². The maximum absolute atomic E-state index is 12.4. The second-order valence-electron chi connectivity index (χ2n) is 5.98. The summed E-state index contributed by atoms with van der Waals surface area (Å²) in [5.41, 5.74) is 0. The Kier molecular flexibility index (Phi) is 6.29. The number of alkyl halides is 1. The van der Waals surface area contributed by atoms with E-state index in [9.17, 15) is 9.59 Å². The molecule has 3 rings (SSSR count). The van der Waals surface area contributed by atoms with Crippen LogP contribution in [0.25, 0.3) is 0 Å². The summed E-state index contributed by atoms with van der Waals surface area (Å²) in [4.78, 5) is 32.7. The molecular weight excluding hydrogens is 437 g/mol. The second-order valence-corrected chi connectivity index (χ2v) is 10.0. The van der Waals surface area contributed by atoms with Crippen LogP contribution in [0.15, 0.2) is 24.3 Å². The van der Waals surface area contributed by atoms with Crippen molar-refractivity contribution >= 4 is 28.2 Å². The Balaban J connectivity index is 1.51. The summed E-state index contributed by atoms with van der Waals surface area (Å²) in [5.74, 6) is -0.0289. The van der Waals surface area contributed by atoms with Gasteiger partial charge in [0.15, 0.2) is 0 Å². The number of carbonyl (C=O) groups is 2. The van der Waals surface area contributed by atoms with E-state index < -0.39 is 0 Å². The molecule has 1 aromatic heterocycles. The predicted octanol–water partition coefficient (Wildman–Crippen LogP) is -1.54. The van der Waals surface area contributed by atoms with Crippen molar-refractivity contribution < 1.29 is 30.8 Å². The molecule has 1 aromatic rings. The van der Waals surface area contributed by atoms with E-state index >= 15 is 0 Å². The van der Waals surface area contributed by atoms with Crippen molar-refractivity contribution in [3.63, 3.8) is 0 Å². The zero-order valence-electron chi connectivity index (χ0n) is 13.9. The Labute approximate surface area is 157 Å². The first-order valence-corrected chi connectivity index (χ1v) is 12.3. The Hall–Kier alpha value is -0.930. The zero-order chi connectivity index (χ0) is 16.9. The van der Waals surface area contributed by atoms with Crippen LogP contribution in [-0.4, -0.2) is 65.8 Å². The molecule has 2 fully saturated rings. The Morgan fingerprint density at radius 3 is 2.71 bits per heavy atom.